The maximum Gasteiger partial charge on any atom is 0.339 e. The second-order valence-corrected chi connectivity index (χ2v) is 6.23. The van der Waals surface area contributed by atoms with E-state index < -0.39 is 24.5 Å². The number of furan rings is 1. The highest BCUT2D eigenvalue weighted by Gasteiger charge is 2.22. The third-order valence-corrected chi connectivity index (χ3v) is 3.62. The van der Waals surface area contributed by atoms with E-state index in [1.54, 1.807) is 32.9 Å². The molecule has 2 N–H and O–H groups in total. The predicted molar refractivity (Wildman–Crippen MR) is 96.3 cm³/mol. The highest BCUT2D eigenvalue weighted by atomic mass is 16.5. The maximum atomic E-state index is 12.6. The molecule has 0 unspecified atom stereocenters. The molecule has 3 rings (SSSR count). The van der Waals surface area contributed by atoms with Crippen LogP contribution in [-0.2, 0) is 9.53 Å². The van der Waals surface area contributed by atoms with Crippen molar-refractivity contribution in [2.75, 3.05) is 6.61 Å². The van der Waals surface area contributed by atoms with E-state index in [9.17, 15) is 14.4 Å². The summed E-state index contributed by atoms with van der Waals surface area (Å²) in [5, 5.41) is 8.75. The Balaban J connectivity index is 1.78. The Labute approximate surface area is 159 Å². The van der Waals surface area contributed by atoms with E-state index >= 15 is 0 Å². The summed E-state index contributed by atoms with van der Waals surface area (Å²) in [5.41, 5.74) is 1.05. The molecule has 0 aliphatic carbocycles. The van der Waals surface area contributed by atoms with Crippen LogP contribution in [0.4, 0.5) is 4.79 Å². The molecule has 3 amide bonds. The Morgan fingerprint density at radius 1 is 1.29 bits per heavy atom. The normalized spacial score (nSPS) is 10.9. The lowest BCUT2D eigenvalue weighted by molar-refractivity contribution is -0.123. The molecule has 146 valence electrons. The van der Waals surface area contributed by atoms with Gasteiger partial charge < -0.3 is 19.0 Å². The van der Waals surface area contributed by atoms with Crippen LogP contribution in [0.15, 0.2) is 33.4 Å². The van der Waals surface area contributed by atoms with Crippen LogP contribution in [-0.4, -0.2) is 40.7 Å². The second kappa shape index (κ2) is 7.91. The third-order valence-electron chi connectivity index (χ3n) is 3.62. The van der Waals surface area contributed by atoms with Crippen LogP contribution in [0.2, 0.25) is 0 Å². The van der Waals surface area contributed by atoms with Crippen molar-refractivity contribution in [1.82, 2.24) is 20.8 Å². The first-order valence-electron chi connectivity index (χ1n) is 8.43. The monoisotopic (exact) mass is 386 g/mol. The number of amides is 3. The Morgan fingerprint density at radius 3 is 2.75 bits per heavy atom. The quantitative estimate of drug-likeness (QED) is 0.637. The molecule has 0 spiro atoms. The number of nitrogens with one attached hydrogen (secondary N) is 2. The maximum absolute atomic E-state index is 12.6. The molecule has 28 heavy (non-hydrogen) atoms. The lowest BCUT2D eigenvalue weighted by Gasteiger charge is -2.10. The van der Waals surface area contributed by atoms with E-state index in [0.717, 1.165) is 0 Å². The Hall–Kier alpha value is -3.69. The molecule has 0 aromatic carbocycles. The SMILES string of the molecule is Cc1noc2nc(-c3ccco3)cc(C(=O)OCC(=O)NC(=O)NC(C)C)c12. The van der Waals surface area contributed by atoms with Gasteiger partial charge in [0.2, 0.25) is 0 Å². The van der Waals surface area contributed by atoms with E-state index in [1.807, 2.05) is 0 Å². The number of ether oxygens (including phenoxy) is 1. The summed E-state index contributed by atoms with van der Waals surface area (Å²) in [4.78, 5) is 40.2. The van der Waals surface area contributed by atoms with Gasteiger partial charge in [0, 0.05) is 6.04 Å². The molecule has 3 aromatic rings. The molecule has 0 saturated carbocycles. The number of hydrogen-bond acceptors (Lipinski definition) is 8. The van der Waals surface area contributed by atoms with Gasteiger partial charge in [-0.3, -0.25) is 10.1 Å². The number of carbonyl (C=O) groups excluding carboxylic acids is 3. The van der Waals surface area contributed by atoms with E-state index in [1.165, 1.54) is 12.3 Å². The van der Waals surface area contributed by atoms with Crippen molar-refractivity contribution in [2.24, 2.45) is 0 Å². The van der Waals surface area contributed by atoms with Crippen molar-refractivity contribution >= 4 is 29.0 Å². The fourth-order valence-corrected chi connectivity index (χ4v) is 2.48. The van der Waals surface area contributed by atoms with Crippen molar-refractivity contribution in [1.29, 1.82) is 0 Å². The van der Waals surface area contributed by atoms with E-state index in [0.29, 0.717) is 22.5 Å². The van der Waals surface area contributed by atoms with Crippen LogP contribution in [0.25, 0.3) is 22.6 Å². The molecular weight excluding hydrogens is 368 g/mol. The number of aromatic nitrogens is 2. The molecule has 0 fully saturated rings. The van der Waals surface area contributed by atoms with E-state index in [-0.39, 0.29) is 17.3 Å². The molecule has 3 heterocycles. The molecule has 0 bridgehead atoms. The van der Waals surface area contributed by atoms with Crippen molar-refractivity contribution in [2.45, 2.75) is 26.8 Å². The lowest BCUT2D eigenvalue weighted by Crippen LogP contribution is -2.44. The van der Waals surface area contributed by atoms with Crippen LogP contribution < -0.4 is 10.6 Å². The van der Waals surface area contributed by atoms with Gasteiger partial charge in [-0.25, -0.2) is 14.6 Å². The summed E-state index contributed by atoms with van der Waals surface area (Å²) in [5.74, 6) is -1.12. The fraction of sp³-hybridized carbons (Fsp3) is 0.278. The molecule has 0 aliphatic heterocycles. The van der Waals surface area contributed by atoms with Crippen LogP contribution in [0.3, 0.4) is 0 Å². The van der Waals surface area contributed by atoms with Crippen LogP contribution >= 0.6 is 0 Å². The summed E-state index contributed by atoms with van der Waals surface area (Å²) < 4.78 is 15.5. The summed E-state index contributed by atoms with van der Waals surface area (Å²) in [7, 11) is 0. The first-order valence-corrected chi connectivity index (χ1v) is 8.43. The number of aryl methyl sites for hydroxylation is 1. The van der Waals surface area contributed by atoms with Crippen LogP contribution in [0, 0.1) is 6.92 Å². The van der Waals surface area contributed by atoms with Gasteiger partial charge in [0.15, 0.2) is 12.4 Å². The summed E-state index contributed by atoms with van der Waals surface area (Å²) >= 11 is 0. The topological polar surface area (TPSA) is 137 Å². The Kier molecular flexibility index (Phi) is 5.39. The number of nitrogens with zero attached hydrogens (tertiary/aromatic N) is 2. The van der Waals surface area contributed by atoms with E-state index in [4.69, 9.17) is 13.7 Å². The number of imide groups is 1. The van der Waals surface area contributed by atoms with Gasteiger partial charge >= 0.3 is 12.0 Å². The number of hydrogen-bond donors (Lipinski definition) is 2. The summed E-state index contributed by atoms with van der Waals surface area (Å²) in [6.07, 6.45) is 1.47. The van der Waals surface area contributed by atoms with Crippen molar-refractivity contribution in [3.05, 3.63) is 35.7 Å². The molecule has 0 radical (unpaired) electrons. The first kappa shape index (κ1) is 19.1. The summed E-state index contributed by atoms with van der Waals surface area (Å²) in [6, 6.07) is 4.01. The number of urea groups is 1. The number of fused-ring (bicyclic) bond motifs is 1. The first-order chi connectivity index (χ1) is 13.3. The van der Waals surface area contributed by atoms with Gasteiger partial charge in [0.05, 0.1) is 22.9 Å². The van der Waals surface area contributed by atoms with Gasteiger partial charge in [0.1, 0.15) is 5.69 Å². The fourth-order valence-electron chi connectivity index (χ4n) is 2.48. The molecule has 10 heteroatoms. The average Bonchev–Trinajstić information content (AvgIpc) is 3.28. The smallest absolute Gasteiger partial charge is 0.339 e. The zero-order valence-electron chi connectivity index (χ0n) is 15.4. The molecule has 0 aliphatic rings. The minimum Gasteiger partial charge on any atom is -0.463 e. The van der Waals surface area contributed by atoms with Crippen molar-refractivity contribution in [3.63, 3.8) is 0 Å². The van der Waals surface area contributed by atoms with Gasteiger partial charge in [0.25, 0.3) is 11.6 Å². The number of pyridine rings is 1. The predicted octanol–water partition coefficient (Wildman–Crippen LogP) is 2.18. The highest BCUT2D eigenvalue weighted by Crippen LogP contribution is 2.27. The van der Waals surface area contributed by atoms with Gasteiger partial charge in [-0.1, -0.05) is 5.16 Å². The van der Waals surface area contributed by atoms with Gasteiger partial charge in [-0.2, -0.15) is 0 Å². The number of carbonyl (C=O) groups is 3. The molecule has 10 nitrogen and oxygen atoms in total. The third kappa shape index (κ3) is 4.17. The highest BCUT2D eigenvalue weighted by molar-refractivity contribution is 6.05. The van der Waals surface area contributed by atoms with Crippen LogP contribution in [0.1, 0.15) is 29.9 Å². The Morgan fingerprint density at radius 2 is 2.07 bits per heavy atom. The molecular formula is C18H18N4O6. The number of rotatable bonds is 5. The van der Waals surface area contributed by atoms with Crippen LogP contribution in [0.5, 0.6) is 0 Å². The lowest BCUT2D eigenvalue weighted by atomic mass is 10.1. The zero-order valence-corrected chi connectivity index (χ0v) is 15.4. The zero-order chi connectivity index (χ0) is 20.3. The standard InChI is InChI=1S/C18H18N4O6/c1-9(2)19-18(25)21-14(23)8-27-17(24)11-7-12(13-5-4-6-26-13)20-16-15(11)10(3)22-28-16/h4-7,9H,8H2,1-3H3,(H2,19,21,23,25). The van der Waals surface area contributed by atoms with E-state index in [2.05, 4.69) is 20.8 Å². The van der Waals surface area contributed by atoms with Gasteiger partial charge in [-0.05, 0) is 39.0 Å². The molecule has 3 aromatic heterocycles. The number of esters is 1. The molecule has 0 saturated heterocycles. The van der Waals surface area contributed by atoms with Crippen molar-refractivity contribution in [3.8, 4) is 11.5 Å². The summed E-state index contributed by atoms with van der Waals surface area (Å²) in [6.45, 7) is 4.52. The van der Waals surface area contributed by atoms with Gasteiger partial charge in [-0.15, -0.1) is 0 Å². The molecule has 0 atom stereocenters. The largest absolute Gasteiger partial charge is 0.463 e. The minimum absolute atomic E-state index is 0.120. The second-order valence-electron chi connectivity index (χ2n) is 6.23. The average molecular weight is 386 g/mol. The van der Waals surface area contributed by atoms with Crippen molar-refractivity contribution < 1.29 is 28.1 Å². The Bertz CT molecular complexity index is 1020. The minimum atomic E-state index is -0.786.